The molecule has 1 aliphatic heterocycles. The molecule has 0 radical (unpaired) electrons. The van der Waals surface area contributed by atoms with Gasteiger partial charge in [0.1, 0.15) is 6.10 Å². The van der Waals surface area contributed by atoms with Gasteiger partial charge in [-0.2, -0.15) is 0 Å². The first-order chi connectivity index (χ1) is 18.2. The van der Waals surface area contributed by atoms with Crippen LogP contribution in [0.5, 0.6) is 0 Å². The summed E-state index contributed by atoms with van der Waals surface area (Å²) in [6, 6.07) is 7.52. The number of hydrogen-bond acceptors (Lipinski definition) is 4. The Morgan fingerprint density at radius 3 is 1.77 bits per heavy atom. The Bertz CT molecular complexity index is 986. The second-order valence-electron chi connectivity index (χ2n) is 13.0. The Labute approximate surface area is 241 Å². The predicted molar refractivity (Wildman–Crippen MR) is 170 cm³/mol. The summed E-state index contributed by atoms with van der Waals surface area (Å²) in [4.78, 5) is 13.1. The topological polar surface area (TPSA) is 44.8 Å². The van der Waals surface area contributed by atoms with Crippen molar-refractivity contribution in [3.63, 3.8) is 0 Å². The number of ether oxygens (including phenoxy) is 1. The van der Waals surface area contributed by atoms with Crippen LogP contribution in [0.3, 0.4) is 0 Å². The average molecular weight is 571 g/mol. The van der Waals surface area contributed by atoms with Gasteiger partial charge in [-0.05, 0) is 57.0 Å². The van der Waals surface area contributed by atoms with Gasteiger partial charge in [-0.3, -0.25) is 0 Å². The molecule has 2 rings (SSSR count). The van der Waals surface area contributed by atoms with E-state index in [0.29, 0.717) is 45.2 Å². The third kappa shape index (κ3) is 7.35. The van der Waals surface area contributed by atoms with E-state index >= 15 is 0 Å². The van der Waals surface area contributed by atoms with E-state index in [4.69, 9.17) is 13.6 Å². The lowest BCUT2D eigenvalue weighted by molar-refractivity contribution is 0.0253. The van der Waals surface area contributed by atoms with E-state index in [2.05, 4.69) is 94.9 Å². The van der Waals surface area contributed by atoms with Crippen LogP contribution in [0.1, 0.15) is 105 Å². The van der Waals surface area contributed by atoms with Gasteiger partial charge < -0.3 is 13.6 Å². The maximum atomic E-state index is 13.1. The first-order valence-electron chi connectivity index (χ1n) is 15.0. The van der Waals surface area contributed by atoms with E-state index in [1.54, 1.807) is 0 Å². The van der Waals surface area contributed by atoms with Crippen molar-refractivity contribution in [2.24, 2.45) is 0 Å². The molecule has 1 aromatic rings. The van der Waals surface area contributed by atoms with E-state index in [9.17, 15) is 4.79 Å². The highest BCUT2D eigenvalue weighted by atomic mass is 28.4. The lowest BCUT2D eigenvalue weighted by Gasteiger charge is -2.48. The maximum Gasteiger partial charge on any atom is 0.338 e. The van der Waals surface area contributed by atoms with Crippen molar-refractivity contribution in [1.82, 2.24) is 0 Å². The molecule has 0 N–H and O–H groups in total. The van der Waals surface area contributed by atoms with Crippen molar-refractivity contribution in [2.45, 2.75) is 135 Å². The second-order valence-corrected chi connectivity index (χ2v) is 23.8. The van der Waals surface area contributed by atoms with Crippen LogP contribution in [0, 0.1) is 11.8 Å². The third-order valence-corrected chi connectivity index (χ3v) is 21.0. The van der Waals surface area contributed by atoms with Crippen LogP contribution < -0.4 is 0 Å². The molecule has 0 saturated heterocycles. The molecule has 0 fully saturated rings. The number of esters is 1. The van der Waals surface area contributed by atoms with Crippen LogP contribution in [0.25, 0.3) is 6.08 Å². The van der Waals surface area contributed by atoms with Gasteiger partial charge in [0, 0.05) is 6.42 Å². The molecule has 2 atom stereocenters. The Kier molecular flexibility index (Phi) is 12.3. The molecule has 0 aliphatic carbocycles. The van der Waals surface area contributed by atoms with Gasteiger partial charge in [0.05, 0.1) is 18.3 Å². The van der Waals surface area contributed by atoms with Crippen LogP contribution in [0.2, 0.25) is 33.2 Å². The lowest BCUT2D eigenvalue weighted by Crippen LogP contribution is -2.56. The summed E-state index contributed by atoms with van der Waals surface area (Å²) >= 11 is 0. The standard InChI is InChI=1S/C33H54O4Si2/c1-23(2)38(24(3)4,25(5)6)36-31-20-16-14-18-29-17-13-15-19-30(29)33(34)35-22-21-32(31)37-39(26(7)8,27(9)10)28(11)12/h13-15,17-19,23-28,31-32H,21-22H2,1-12H3/b18-14+/t31-,32?/m0/s1. The van der Waals surface area contributed by atoms with E-state index in [1.807, 2.05) is 36.4 Å². The first kappa shape index (κ1) is 33.5. The number of fused-ring (bicyclic) bond motifs is 1. The Morgan fingerprint density at radius 1 is 0.769 bits per heavy atom. The molecule has 6 heteroatoms. The van der Waals surface area contributed by atoms with Crippen LogP contribution in [0.4, 0.5) is 0 Å². The zero-order chi connectivity index (χ0) is 29.5. The number of carbonyl (C=O) groups is 1. The van der Waals surface area contributed by atoms with E-state index < -0.39 is 22.7 Å². The summed E-state index contributed by atoms with van der Waals surface area (Å²) in [5.41, 5.74) is 3.89. The fourth-order valence-corrected chi connectivity index (χ4v) is 18.3. The molecule has 4 nitrogen and oxygen atoms in total. The smallest absolute Gasteiger partial charge is 0.338 e. The van der Waals surface area contributed by atoms with E-state index in [-0.39, 0.29) is 18.7 Å². The molecular formula is C33H54O4Si2. The largest absolute Gasteiger partial charge is 0.462 e. The monoisotopic (exact) mass is 570 g/mol. The minimum absolute atomic E-state index is 0.265. The highest BCUT2D eigenvalue weighted by molar-refractivity contribution is 6.78. The molecule has 218 valence electrons. The zero-order valence-corrected chi connectivity index (χ0v) is 28.6. The molecule has 1 aliphatic rings. The molecule has 39 heavy (non-hydrogen) atoms. The van der Waals surface area contributed by atoms with Crippen molar-refractivity contribution in [1.29, 1.82) is 0 Å². The van der Waals surface area contributed by atoms with Crippen LogP contribution >= 0.6 is 0 Å². The number of hydrogen-bond donors (Lipinski definition) is 0. The van der Waals surface area contributed by atoms with Crippen molar-refractivity contribution >= 4 is 28.7 Å². The SMILES string of the molecule is CC(C)[Si](OC1CCOC(=O)c2ccccc2/C=C/C#C[C@@H]1O[Si](C(C)C)(C(C)C)C(C)C)(C(C)C)C(C)C. The Hall–Kier alpha value is -1.66. The van der Waals surface area contributed by atoms with Crippen LogP contribution in [0.15, 0.2) is 30.3 Å². The van der Waals surface area contributed by atoms with Gasteiger partial charge in [-0.1, -0.05) is 113 Å². The molecule has 0 spiro atoms. The highest BCUT2D eigenvalue weighted by Gasteiger charge is 2.51. The minimum Gasteiger partial charge on any atom is -0.462 e. The van der Waals surface area contributed by atoms with Crippen molar-refractivity contribution < 1.29 is 18.4 Å². The molecule has 1 aromatic carbocycles. The Morgan fingerprint density at radius 2 is 1.26 bits per heavy atom. The average Bonchev–Trinajstić information content (AvgIpc) is 2.83. The van der Waals surface area contributed by atoms with Crippen molar-refractivity contribution in [2.75, 3.05) is 6.61 Å². The van der Waals surface area contributed by atoms with E-state index in [1.165, 1.54) is 0 Å². The van der Waals surface area contributed by atoms with Crippen molar-refractivity contribution in [3.8, 4) is 11.8 Å². The fourth-order valence-electron chi connectivity index (χ4n) is 7.20. The zero-order valence-electron chi connectivity index (χ0n) is 26.6. The lowest BCUT2D eigenvalue weighted by atomic mass is 10.1. The van der Waals surface area contributed by atoms with Gasteiger partial charge in [-0.25, -0.2) is 4.79 Å². The molecule has 0 saturated carbocycles. The first-order valence-corrected chi connectivity index (χ1v) is 19.3. The fraction of sp³-hybridized carbons (Fsp3) is 0.667. The second kappa shape index (κ2) is 14.3. The van der Waals surface area contributed by atoms with E-state index in [0.717, 1.165) is 5.56 Å². The minimum atomic E-state index is -2.27. The summed E-state index contributed by atoms with van der Waals surface area (Å²) < 4.78 is 20.6. The molecule has 1 heterocycles. The van der Waals surface area contributed by atoms with Crippen LogP contribution in [-0.2, 0) is 13.6 Å². The molecule has 0 amide bonds. The molecular weight excluding hydrogens is 517 g/mol. The maximum absolute atomic E-state index is 13.1. The van der Waals surface area contributed by atoms with Crippen LogP contribution in [-0.4, -0.2) is 41.4 Å². The number of carbonyl (C=O) groups excluding carboxylic acids is 1. The summed E-state index contributed by atoms with van der Waals surface area (Å²) in [5, 5.41) is 0. The Balaban J connectivity index is 2.71. The van der Waals surface area contributed by atoms with Gasteiger partial charge in [0.25, 0.3) is 0 Å². The molecule has 0 bridgehead atoms. The number of allylic oxidation sites excluding steroid dienone is 1. The normalized spacial score (nSPS) is 20.1. The van der Waals surface area contributed by atoms with Gasteiger partial charge in [0.2, 0.25) is 16.6 Å². The van der Waals surface area contributed by atoms with Gasteiger partial charge in [-0.15, -0.1) is 0 Å². The third-order valence-electron chi connectivity index (χ3n) is 8.83. The number of cyclic esters (lactones) is 1. The van der Waals surface area contributed by atoms with Crippen molar-refractivity contribution in [3.05, 3.63) is 41.5 Å². The summed E-state index contributed by atoms with van der Waals surface area (Å²) in [6.07, 6.45) is 3.60. The van der Waals surface area contributed by atoms with Gasteiger partial charge >= 0.3 is 5.97 Å². The quantitative estimate of drug-likeness (QED) is 0.160. The summed E-state index contributed by atoms with van der Waals surface area (Å²) in [7, 11) is -4.54. The predicted octanol–water partition coefficient (Wildman–Crippen LogP) is 9.39. The summed E-state index contributed by atoms with van der Waals surface area (Å²) in [6.45, 7) is 27.9. The molecule has 0 aromatic heterocycles. The number of rotatable bonds is 10. The summed E-state index contributed by atoms with van der Waals surface area (Å²) in [5.74, 6) is 6.51. The van der Waals surface area contributed by atoms with Gasteiger partial charge in [0.15, 0.2) is 0 Å². The molecule has 1 unspecified atom stereocenters. The highest BCUT2D eigenvalue weighted by Crippen LogP contribution is 2.46. The number of benzene rings is 1.